The average molecular weight is 279 g/mol. The summed E-state index contributed by atoms with van der Waals surface area (Å²) in [6, 6.07) is 13.1. The van der Waals surface area contributed by atoms with Crippen molar-refractivity contribution < 1.29 is 9.84 Å². The highest BCUT2D eigenvalue weighted by Crippen LogP contribution is 2.29. The number of phenolic OH excluding ortho intramolecular Hbond substituents is 1. The van der Waals surface area contributed by atoms with Gasteiger partial charge in [-0.15, -0.1) is 0 Å². The Balaban J connectivity index is 2.42. The Bertz CT molecular complexity index is 472. The zero-order valence-electron chi connectivity index (χ0n) is 8.77. The Hall–Kier alpha value is -1.48. The van der Waals surface area contributed by atoms with Crippen LogP contribution in [0.4, 0.5) is 0 Å². The normalized spacial score (nSPS) is 10.1. The van der Waals surface area contributed by atoms with Gasteiger partial charge in [-0.25, -0.2) is 0 Å². The Morgan fingerprint density at radius 1 is 1.00 bits per heavy atom. The van der Waals surface area contributed by atoms with Crippen molar-refractivity contribution in [2.45, 2.75) is 0 Å². The highest BCUT2D eigenvalue weighted by Gasteiger charge is 2.01. The minimum atomic E-state index is 0.250. The molecular formula is C13H11BrO2. The highest BCUT2D eigenvalue weighted by molar-refractivity contribution is 9.10. The zero-order chi connectivity index (χ0) is 11.5. The van der Waals surface area contributed by atoms with E-state index in [0.29, 0.717) is 0 Å². The van der Waals surface area contributed by atoms with Gasteiger partial charge in [0.25, 0.3) is 0 Å². The third kappa shape index (κ3) is 2.36. The largest absolute Gasteiger partial charge is 0.508 e. The lowest BCUT2D eigenvalue weighted by Gasteiger charge is -2.05. The monoisotopic (exact) mass is 278 g/mol. The Kier molecular flexibility index (Phi) is 3.15. The highest BCUT2D eigenvalue weighted by atomic mass is 79.9. The molecule has 0 radical (unpaired) electrons. The number of rotatable bonds is 2. The van der Waals surface area contributed by atoms with Gasteiger partial charge < -0.3 is 9.84 Å². The topological polar surface area (TPSA) is 29.5 Å². The molecule has 82 valence electrons. The van der Waals surface area contributed by atoms with Gasteiger partial charge in [-0.1, -0.05) is 28.1 Å². The standard InChI is InChI=1S/C13H11BrO2/c1-16-13-4-2-9(3-5-13)10-6-11(14)8-12(15)7-10/h2-8,15H,1H3. The van der Waals surface area contributed by atoms with Crippen LogP contribution in [-0.2, 0) is 0 Å². The molecule has 0 bridgehead atoms. The first-order chi connectivity index (χ1) is 7.69. The number of phenols is 1. The van der Waals surface area contributed by atoms with Gasteiger partial charge in [0, 0.05) is 4.47 Å². The molecule has 16 heavy (non-hydrogen) atoms. The molecule has 2 aromatic rings. The van der Waals surface area contributed by atoms with Gasteiger partial charge in [0.2, 0.25) is 0 Å². The molecule has 0 heterocycles. The molecule has 1 N–H and O–H groups in total. The van der Waals surface area contributed by atoms with Crippen LogP contribution >= 0.6 is 15.9 Å². The summed E-state index contributed by atoms with van der Waals surface area (Å²) >= 11 is 3.35. The zero-order valence-corrected chi connectivity index (χ0v) is 10.4. The van der Waals surface area contributed by atoms with Crippen molar-refractivity contribution in [1.82, 2.24) is 0 Å². The molecule has 0 aliphatic rings. The maximum Gasteiger partial charge on any atom is 0.118 e. The number of halogens is 1. The van der Waals surface area contributed by atoms with Crippen molar-refractivity contribution in [3.05, 3.63) is 46.9 Å². The molecule has 2 nitrogen and oxygen atoms in total. The molecule has 0 aromatic heterocycles. The SMILES string of the molecule is COc1ccc(-c2cc(O)cc(Br)c2)cc1. The summed E-state index contributed by atoms with van der Waals surface area (Å²) in [7, 11) is 1.64. The maximum atomic E-state index is 9.50. The van der Waals surface area contributed by atoms with Gasteiger partial charge >= 0.3 is 0 Å². The summed E-state index contributed by atoms with van der Waals surface area (Å²) in [5.41, 5.74) is 2.01. The summed E-state index contributed by atoms with van der Waals surface area (Å²) in [6.07, 6.45) is 0. The van der Waals surface area contributed by atoms with Crippen LogP contribution in [-0.4, -0.2) is 12.2 Å². The van der Waals surface area contributed by atoms with E-state index in [1.807, 2.05) is 30.3 Å². The first-order valence-electron chi connectivity index (χ1n) is 4.83. The fourth-order valence-corrected chi connectivity index (χ4v) is 2.01. The van der Waals surface area contributed by atoms with E-state index in [9.17, 15) is 5.11 Å². The lowest BCUT2D eigenvalue weighted by Crippen LogP contribution is -1.83. The Labute approximate surface area is 103 Å². The lowest BCUT2D eigenvalue weighted by atomic mass is 10.1. The number of benzene rings is 2. The van der Waals surface area contributed by atoms with Gasteiger partial charge in [-0.3, -0.25) is 0 Å². The first-order valence-corrected chi connectivity index (χ1v) is 5.62. The van der Waals surface area contributed by atoms with Crippen molar-refractivity contribution in [2.75, 3.05) is 7.11 Å². The summed E-state index contributed by atoms with van der Waals surface area (Å²) in [6.45, 7) is 0. The molecule has 2 rings (SSSR count). The minimum Gasteiger partial charge on any atom is -0.508 e. The van der Waals surface area contributed by atoms with E-state index in [2.05, 4.69) is 15.9 Å². The molecule has 0 aliphatic carbocycles. The molecule has 3 heteroatoms. The summed E-state index contributed by atoms with van der Waals surface area (Å²) in [5, 5.41) is 9.50. The molecule has 2 aromatic carbocycles. The van der Waals surface area contributed by atoms with Crippen LogP contribution < -0.4 is 4.74 Å². The third-order valence-corrected chi connectivity index (χ3v) is 2.76. The maximum absolute atomic E-state index is 9.50. The van der Waals surface area contributed by atoms with Crippen LogP contribution in [0.2, 0.25) is 0 Å². The Morgan fingerprint density at radius 2 is 1.69 bits per heavy atom. The summed E-state index contributed by atoms with van der Waals surface area (Å²) in [4.78, 5) is 0. The van der Waals surface area contributed by atoms with Crippen LogP contribution in [0.15, 0.2) is 46.9 Å². The van der Waals surface area contributed by atoms with Crippen LogP contribution in [0.25, 0.3) is 11.1 Å². The second-order valence-corrected chi connectivity index (χ2v) is 4.34. The van der Waals surface area contributed by atoms with E-state index in [0.717, 1.165) is 21.3 Å². The predicted octanol–water partition coefficient (Wildman–Crippen LogP) is 3.83. The van der Waals surface area contributed by atoms with Gasteiger partial charge in [-0.2, -0.15) is 0 Å². The smallest absolute Gasteiger partial charge is 0.118 e. The number of ether oxygens (including phenoxy) is 1. The molecule has 0 amide bonds. The second-order valence-electron chi connectivity index (χ2n) is 3.43. The van der Waals surface area contributed by atoms with E-state index < -0.39 is 0 Å². The molecule has 0 unspecified atom stereocenters. The van der Waals surface area contributed by atoms with Crippen LogP contribution in [0.1, 0.15) is 0 Å². The van der Waals surface area contributed by atoms with Gasteiger partial charge in [0.1, 0.15) is 11.5 Å². The van der Waals surface area contributed by atoms with Gasteiger partial charge in [0.15, 0.2) is 0 Å². The van der Waals surface area contributed by atoms with E-state index >= 15 is 0 Å². The fourth-order valence-electron chi connectivity index (χ4n) is 1.52. The molecule has 0 spiro atoms. The van der Waals surface area contributed by atoms with Crippen LogP contribution in [0.5, 0.6) is 11.5 Å². The molecule has 0 aliphatic heterocycles. The number of aromatic hydroxyl groups is 1. The van der Waals surface area contributed by atoms with Gasteiger partial charge in [-0.05, 0) is 41.5 Å². The lowest BCUT2D eigenvalue weighted by molar-refractivity contribution is 0.415. The predicted molar refractivity (Wildman–Crippen MR) is 67.8 cm³/mol. The van der Waals surface area contributed by atoms with Crippen molar-refractivity contribution in [1.29, 1.82) is 0 Å². The van der Waals surface area contributed by atoms with E-state index in [1.165, 1.54) is 0 Å². The molecular weight excluding hydrogens is 268 g/mol. The summed E-state index contributed by atoms with van der Waals surface area (Å²) < 4.78 is 5.95. The number of hydrogen-bond acceptors (Lipinski definition) is 2. The average Bonchev–Trinajstić information content (AvgIpc) is 2.28. The van der Waals surface area contributed by atoms with Crippen molar-refractivity contribution in [2.24, 2.45) is 0 Å². The van der Waals surface area contributed by atoms with Crippen molar-refractivity contribution in [3.8, 4) is 22.6 Å². The quantitative estimate of drug-likeness (QED) is 0.905. The number of methoxy groups -OCH3 is 1. The summed E-state index contributed by atoms with van der Waals surface area (Å²) in [5.74, 6) is 1.07. The molecule has 0 fully saturated rings. The Morgan fingerprint density at radius 3 is 2.25 bits per heavy atom. The van der Waals surface area contributed by atoms with E-state index in [1.54, 1.807) is 19.2 Å². The van der Waals surface area contributed by atoms with Crippen molar-refractivity contribution in [3.63, 3.8) is 0 Å². The van der Waals surface area contributed by atoms with Gasteiger partial charge in [0.05, 0.1) is 7.11 Å². The first kappa shape index (κ1) is 11.0. The van der Waals surface area contributed by atoms with E-state index in [-0.39, 0.29) is 5.75 Å². The van der Waals surface area contributed by atoms with Crippen LogP contribution in [0.3, 0.4) is 0 Å². The second kappa shape index (κ2) is 4.58. The number of hydrogen-bond donors (Lipinski definition) is 1. The molecule has 0 atom stereocenters. The molecule has 0 saturated heterocycles. The molecule has 0 saturated carbocycles. The van der Waals surface area contributed by atoms with E-state index in [4.69, 9.17) is 4.74 Å². The minimum absolute atomic E-state index is 0.250. The van der Waals surface area contributed by atoms with Crippen molar-refractivity contribution >= 4 is 15.9 Å². The van der Waals surface area contributed by atoms with Crippen LogP contribution in [0, 0.1) is 0 Å². The third-order valence-electron chi connectivity index (χ3n) is 2.31. The fraction of sp³-hybridized carbons (Fsp3) is 0.0769.